The van der Waals surface area contributed by atoms with Crippen molar-refractivity contribution < 1.29 is 9.90 Å². The van der Waals surface area contributed by atoms with Crippen LogP contribution in [0.4, 0.5) is 0 Å². The van der Waals surface area contributed by atoms with Crippen molar-refractivity contribution in [1.82, 2.24) is 4.90 Å². The van der Waals surface area contributed by atoms with E-state index in [0.29, 0.717) is 12.5 Å². The summed E-state index contributed by atoms with van der Waals surface area (Å²) in [6, 6.07) is 0.819. The summed E-state index contributed by atoms with van der Waals surface area (Å²) in [5, 5.41) is 8.73. The van der Waals surface area contributed by atoms with Crippen molar-refractivity contribution >= 4 is 5.97 Å². The third-order valence-electron chi connectivity index (χ3n) is 2.95. The lowest BCUT2D eigenvalue weighted by atomic mass is 10.1. The lowest BCUT2D eigenvalue weighted by Crippen LogP contribution is -2.38. The van der Waals surface area contributed by atoms with Crippen molar-refractivity contribution in [2.24, 2.45) is 0 Å². The number of aliphatic carboxylic acids is 1. The van der Waals surface area contributed by atoms with Crippen LogP contribution in [-0.2, 0) is 4.79 Å². The molecule has 0 bridgehead atoms. The molecule has 0 spiro atoms. The summed E-state index contributed by atoms with van der Waals surface area (Å²) in [5.74, 6) is -0.675. The van der Waals surface area contributed by atoms with E-state index in [-0.39, 0.29) is 6.04 Å². The van der Waals surface area contributed by atoms with Gasteiger partial charge in [0.1, 0.15) is 0 Å². The zero-order valence-corrected chi connectivity index (χ0v) is 8.49. The highest BCUT2D eigenvalue weighted by molar-refractivity contribution is 5.67. The Balaban J connectivity index is 2.49. The van der Waals surface area contributed by atoms with Gasteiger partial charge in [-0.2, -0.15) is 0 Å². The average Bonchev–Trinajstić information content (AvgIpc) is 2.47. The molecule has 0 aliphatic carbocycles. The van der Waals surface area contributed by atoms with E-state index >= 15 is 0 Å². The second-order valence-corrected chi connectivity index (χ2v) is 3.89. The lowest BCUT2D eigenvalue weighted by Gasteiger charge is -2.29. The summed E-state index contributed by atoms with van der Waals surface area (Å²) in [6.07, 6.45) is 3.67. The molecule has 0 amide bonds. The van der Waals surface area contributed by atoms with Crippen molar-refractivity contribution in [2.45, 2.75) is 51.6 Å². The van der Waals surface area contributed by atoms with Gasteiger partial charge in [-0.15, -0.1) is 0 Å². The van der Waals surface area contributed by atoms with Crippen LogP contribution in [0.3, 0.4) is 0 Å². The molecule has 13 heavy (non-hydrogen) atoms. The predicted octanol–water partition coefficient (Wildman–Crippen LogP) is 1.72. The fraction of sp³-hybridized carbons (Fsp3) is 0.900. The molecule has 1 saturated heterocycles. The van der Waals surface area contributed by atoms with Crippen molar-refractivity contribution in [3.63, 3.8) is 0 Å². The molecular formula is C10H19NO2. The maximum atomic E-state index is 10.6. The lowest BCUT2D eigenvalue weighted by molar-refractivity contribution is -0.138. The summed E-state index contributed by atoms with van der Waals surface area (Å²) in [6.45, 7) is 5.34. The summed E-state index contributed by atoms with van der Waals surface area (Å²) < 4.78 is 0. The number of rotatable bonds is 4. The largest absolute Gasteiger partial charge is 0.481 e. The third kappa shape index (κ3) is 2.69. The molecule has 0 aromatic rings. The Bertz CT molecular complexity index is 182. The van der Waals surface area contributed by atoms with E-state index in [9.17, 15) is 4.79 Å². The van der Waals surface area contributed by atoms with E-state index in [1.807, 2.05) is 0 Å². The number of hydrogen-bond acceptors (Lipinski definition) is 2. The van der Waals surface area contributed by atoms with Gasteiger partial charge in [0.25, 0.3) is 0 Å². The van der Waals surface area contributed by atoms with Gasteiger partial charge in [-0.3, -0.25) is 9.69 Å². The highest BCUT2D eigenvalue weighted by atomic mass is 16.4. The minimum absolute atomic E-state index is 0.245. The van der Waals surface area contributed by atoms with Gasteiger partial charge in [0, 0.05) is 12.1 Å². The second-order valence-electron chi connectivity index (χ2n) is 3.89. The quantitative estimate of drug-likeness (QED) is 0.725. The number of carboxylic acids is 1. The second kappa shape index (κ2) is 4.61. The Morgan fingerprint density at radius 1 is 1.69 bits per heavy atom. The number of carbonyl (C=O) groups is 1. The summed E-state index contributed by atoms with van der Waals surface area (Å²) in [7, 11) is 0. The smallest absolute Gasteiger partial charge is 0.304 e. The molecule has 1 aliphatic heterocycles. The Morgan fingerprint density at radius 3 is 2.77 bits per heavy atom. The van der Waals surface area contributed by atoms with Crippen LogP contribution in [0.2, 0.25) is 0 Å². The maximum Gasteiger partial charge on any atom is 0.304 e. The minimum Gasteiger partial charge on any atom is -0.481 e. The van der Waals surface area contributed by atoms with E-state index in [2.05, 4.69) is 18.7 Å². The van der Waals surface area contributed by atoms with Crippen LogP contribution >= 0.6 is 0 Å². The number of nitrogens with zero attached hydrogens (tertiary/aromatic N) is 1. The molecule has 2 unspecified atom stereocenters. The normalized spacial score (nSPS) is 26.2. The molecule has 0 aromatic heterocycles. The molecule has 0 saturated carbocycles. The topological polar surface area (TPSA) is 40.5 Å². The standard InChI is InChI=1S/C10H19NO2/c1-3-9(7-10(12)13)11-6-4-5-8(11)2/h8-9H,3-7H2,1-2H3,(H,12,13). The van der Waals surface area contributed by atoms with Gasteiger partial charge in [-0.25, -0.2) is 0 Å². The molecule has 3 nitrogen and oxygen atoms in total. The average molecular weight is 185 g/mol. The van der Waals surface area contributed by atoms with Gasteiger partial charge < -0.3 is 5.11 Å². The molecule has 76 valence electrons. The first-order valence-electron chi connectivity index (χ1n) is 5.12. The van der Waals surface area contributed by atoms with Crippen molar-refractivity contribution in [2.75, 3.05) is 6.54 Å². The van der Waals surface area contributed by atoms with E-state index in [0.717, 1.165) is 13.0 Å². The first kappa shape index (κ1) is 10.5. The van der Waals surface area contributed by atoms with Crippen molar-refractivity contribution in [3.05, 3.63) is 0 Å². The monoisotopic (exact) mass is 185 g/mol. The number of carboxylic acid groups (broad SMARTS) is 1. The fourth-order valence-electron chi connectivity index (χ4n) is 2.20. The van der Waals surface area contributed by atoms with E-state index < -0.39 is 5.97 Å². The molecule has 1 aliphatic rings. The number of likely N-dealkylation sites (tertiary alicyclic amines) is 1. The minimum atomic E-state index is -0.675. The molecule has 1 rings (SSSR count). The van der Waals surface area contributed by atoms with E-state index in [1.165, 1.54) is 12.8 Å². The summed E-state index contributed by atoms with van der Waals surface area (Å²) in [4.78, 5) is 12.9. The van der Waals surface area contributed by atoms with Gasteiger partial charge in [0.15, 0.2) is 0 Å². The van der Waals surface area contributed by atoms with Crippen LogP contribution in [-0.4, -0.2) is 34.6 Å². The molecule has 1 N–H and O–H groups in total. The third-order valence-corrected chi connectivity index (χ3v) is 2.95. The Morgan fingerprint density at radius 2 is 2.38 bits per heavy atom. The van der Waals surface area contributed by atoms with Gasteiger partial charge in [0.05, 0.1) is 6.42 Å². The van der Waals surface area contributed by atoms with Crippen molar-refractivity contribution in [3.8, 4) is 0 Å². The zero-order valence-electron chi connectivity index (χ0n) is 8.49. The predicted molar refractivity (Wildman–Crippen MR) is 51.7 cm³/mol. The Hall–Kier alpha value is -0.570. The SMILES string of the molecule is CCC(CC(=O)O)N1CCCC1C. The fourth-order valence-corrected chi connectivity index (χ4v) is 2.20. The summed E-state index contributed by atoms with van der Waals surface area (Å²) >= 11 is 0. The first-order chi connectivity index (χ1) is 6.15. The van der Waals surface area contributed by atoms with Gasteiger partial charge in [-0.1, -0.05) is 6.92 Å². The Labute approximate surface area is 79.7 Å². The highest BCUT2D eigenvalue weighted by Gasteiger charge is 2.27. The molecule has 2 atom stereocenters. The molecule has 0 aromatic carbocycles. The highest BCUT2D eigenvalue weighted by Crippen LogP contribution is 2.22. The van der Waals surface area contributed by atoms with Crippen LogP contribution in [0.15, 0.2) is 0 Å². The molecule has 1 fully saturated rings. The molecule has 0 radical (unpaired) electrons. The number of hydrogen-bond donors (Lipinski definition) is 1. The van der Waals surface area contributed by atoms with E-state index in [4.69, 9.17) is 5.11 Å². The van der Waals surface area contributed by atoms with Crippen molar-refractivity contribution in [1.29, 1.82) is 0 Å². The first-order valence-corrected chi connectivity index (χ1v) is 5.12. The molecule has 3 heteroatoms. The zero-order chi connectivity index (χ0) is 9.84. The maximum absolute atomic E-state index is 10.6. The van der Waals surface area contributed by atoms with Gasteiger partial charge in [0.2, 0.25) is 0 Å². The molecule has 1 heterocycles. The Kier molecular flexibility index (Phi) is 3.72. The van der Waals surface area contributed by atoms with Gasteiger partial charge >= 0.3 is 5.97 Å². The van der Waals surface area contributed by atoms with Crippen LogP contribution in [0.1, 0.15) is 39.5 Å². The van der Waals surface area contributed by atoms with Gasteiger partial charge in [-0.05, 0) is 32.7 Å². The summed E-state index contributed by atoms with van der Waals surface area (Å²) in [5.41, 5.74) is 0. The van der Waals surface area contributed by atoms with Crippen LogP contribution < -0.4 is 0 Å². The molecular weight excluding hydrogens is 166 g/mol. The van der Waals surface area contributed by atoms with Crippen LogP contribution in [0, 0.1) is 0 Å². The van der Waals surface area contributed by atoms with Crippen LogP contribution in [0.25, 0.3) is 0 Å². The van der Waals surface area contributed by atoms with E-state index in [1.54, 1.807) is 0 Å². The van der Waals surface area contributed by atoms with Crippen LogP contribution in [0.5, 0.6) is 0 Å².